The van der Waals surface area contributed by atoms with Crippen molar-refractivity contribution >= 4 is 58.9 Å². The number of halogens is 2. The van der Waals surface area contributed by atoms with Crippen molar-refractivity contribution in [3.05, 3.63) is 144 Å². The van der Waals surface area contributed by atoms with Crippen molar-refractivity contribution in [3.63, 3.8) is 0 Å². The molecule has 0 aliphatic heterocycles. The van der Waals surface area contributed by atoms with Gasteiger partial charge in [0.15, 0.2) is 0 Å². The van der Waals surface area contributed by atoms with E-state index in [2.05, 4.69) is 176 Å². The van der Waals surface area contributed by atoms with Crippen molar-refractivity contribution in [2.45, 2.75) is 66.5 Å². The molecule has 0 aromatic heterocycles. The van der Waals surface area contributed by atoms with Crippen LogP contribution in [0.4, 0.5) is 0 Å². The zero-order valence-corrected chi connectivity index (χ0v) is 34.4. The van der Waals surface area contributed by atoms with Gasteiger partial charge in [-0.1, -0.05) is 145 Å². The molecule has 0 saturated heterocycles. The SMILES string of the molecule is CC(C)c1cc2c(-c3cccc4ccccc34)cccc2[cH-]1.C[Si]C.Cc1cc2c(-c3ccc(C(C)C)cc3)ccc(C)c2[cH-]1.[Cl][Zr+2][Cl]. The van der Waals surface area contributed by atoms with E-state index in [0.29, 0.717) is 11.8 Å². The van der Waals surface area contributed by atoms with Gasteiger partial charge < -0.3 is 0 Å². The average Bonchev–Trinajstić information content (AvgIpc) is 3.70. The number of fused-ring (bicyclic) bond motifs is 3. The van der Waals surface area contributed by atoms with Crippen LogP contribution in [0.1, 0.15) is 61.8 Å². The molecule has 2 radical (unpaired) electrons. The number of hydrogen-bond donors (Lipinski definition) is 0. The quantitative estimate of drug-likeness (QED) is 0.124. The van der Waals surface area contributed by atoms with Crippen LogP contribution in [0.25, 0.3) is 54.6 Å². The summed E-state index contributed by atoms with van der Waals surface area (Å²) >= 11 is -0.826. The Morgan fingerprint density at radius 3 is 1.85 bits per heavy atom. The average molecular weight is 765 g/mol. The minimum absolute atomic E-state index is 0.563. The van der Waals surface area contributed by atoms with Crippen LogP contribution in [-0.4, -0.2) is 9.52 Å². The molecule has 0 spiro atoms. The normalized spacial score (nSPS) is 10.7. The number of benzene rings is 5. The van der Waals surface area contributed by atoms with E-state index in [9.17, 15) is 0 Å². The van der Waals surface area contributed by atoms with Gasteiger partial charge in [0.05, 0.1) is 0 Å². The van der Waals surface area contributed by atoms with Crippen molar-refractivity contribution in [3.8, 4) is 22.3 Å². The minimum atomic E-state index is -0.826. The molecule has 48 heavy (non-hydrogen) atoms. The first kappa shape index (κ1) is 38.1. The van der Waals surface area contributed by atoms with E-state index in [1.54, 1.807) is 0 Å². The Balaban J connectivity index is 0.000000187. The third kappa shape index (κ3) is 9.28. The Morgan fingerprint density at radius 1 is 0.604 bits per heavy atom. The zero-order valence-electron chi connectivity index (χ0n) is 29.5. The summed E-state index contributed by atoms with van der Waals surface area (Å²) in [6, 6.07) is 44.6. The Morgan fingerprint density at radius 2 is 1.21 bits per heavy atom. The standard InChI is InChI=1S/C22H19.C20H21.C2H6Si.2ClH.Zr/c1-15(2)18-13-17-9-6-12-21(22(17)14-18)20-11-5-8-16-7-3-4-10-19(16)20;1-13(2)16-6-8-17(9-7-16)18-10-5-15(4)19-11-14(3)12-20(18)19;1-3-2;;;/h3-15H,1-2H3;5-13H,1-4H3;1-2H3;2*1H;/q2*-1;;;;+4/p-2. The summed E-state index contributed by atoms with van der Waals surface area (Å²) in [6.07, 6.45) is 0. The summed E-state index contributed by atoms with van der Waals surface area (Å²) in [5, 5.41) is 8.09. The van der Waals surface area contributed by atoms with Crippen LogP contribution in [-0.2, 0) is 20.8 Å². The number of hydrogen-bond acceptors (Lipinski definition) is 0. The van der Waals surface area contributed by atoms with Crippen LogP contribution in [0.5, 0.6) is 0 Å². The molecule has 4 heteroatoms. The van der Waals surface area contributed by atoms with Crippen molar-refractivity contribution in [1.82, 2.24) is 0 Å². The monoisotopic (exact) mass is 762 g/mol. The third-order valence-corrected chi connectivity index (χ3v) is 8.66. The van der Waals surface area contributed by atoms with Gasteiger partial charge in [0.25, 0.3) is 0 Å². The molecule has 244 valence electrons. The summed E-state index contributed by atoms with van der Waals surface area (Å²) < 4.78 is 0. The molecule has 0 saturated carbocycles. The summed E-state index contributed by atoms with van der Waals surface area (Å²) in [4.78, 5) is 0. The molecule has 0 atom stereocenters. The second kappa shape index (κ2) is 18.3. The Kier molecular flexibility index (Phi) is 14.5. The van der Waals surface area contributed by atoms with Crippen LogP contribution in [0.2, 0.25) is 13.1 Å². The second-order valence-electron chi connectivity index (χ2n) is 12.9. The van der Waals surface area contributed by atoms with Crippen LogP contribution in [0, 0.1) is 13.8 Å². The second-order valence-corrected chi connectivity index (χ2v) is 17.6. The van der Waals surface area contributed by atoms with Crippen molar-refractivity contribution < 1.29 is 20.8 Å². The van der Waals surface area contributed by atoms with Crippen LogP contribution in [0.3, 0.4) is 0 Å². The van der Waals surface area contributed by atoms with Crippen LogP contribution < -0.4 is 0 Å². The molecule has 0 aliphatic carbocycles. The fraction of sp³-hybridized carbons (Fsp3) is 0.227. The van der Waals surface area contributed by atoms with Gasteiger partial charge in [-0.25, -0.2) is 0 Å². The first-order valence-corrected chi connectivity index (χ1v) is 25.0. The van der Waals surface area contributed by atoms with E-state index in [1.165, 1.54) is 76.8 Å². The van der Waals surface area contributed by atoms with Crippen LogP contribution in [0.15, 0.2) is 121 Å². The third-order valence-electron chi connectivity index (χ3n) is 8.66. The number of aryl methyl sites for hydroxylation is 2. The van der Waals surface area contributed by atoms with E-state index in [4.69, 9.17) is 17.0 Å². The molecule has 7 rings (SSSR count). The molecular weight excluding hydrogens is 719 g/mol. The molecule has 0 N–H and O–H groups in total. The van der Waals surface area contributed by atoms with Gasteiger partial charge in [-0.2, -0.15) is 12.1 Å². The van der Waals surface area contributed by atoms with Gasteiger partial charge in [0.2, 0.25) is 0 Å². The van der Waals surface area contributed by atoms with Gasteiger partial charge in [-0.15, -0.1) is 68.6 Å². The molecule has 0 heterocycles. The molecule has 7 aromatic rings. The van der Waals surface area contributed by atoms with Crippen molar-refractivity contribution in [2.24, 2.45) is 0 Å². The summed E-state index contributed by atoms with van der Waals surface area (Å²) in [6.45, 7) is 17.6. The maximum atomic E-state index is 4.93. The van der Waals surface area contributed by atoms with E-state index in [1.807, 2.05) is 0 Å². The Hall–Kier alpha value is -2.74. The Bertz CT molecular complexity index is 2040. The molecule has 0 bridgehead atoms. The van der Waals surface area contributed by atoms with E-state index in [0.717, 1.165) is 9.52 Å². The van der Waals surface area contributed by atoms with Crippen LogP contribution >= 0.6 is 17.0 Å². The maximum absolute atomic E-state index is 4.93. The van der Waals surface area contributed by atoms with Gasteiger partial charge in [0, 0.05) is 9.52 Å². The fourth-order valence-corrected chi connectivity index (χ4v) is 6.18. The van der Waals surface area contributed by atoms with Crippen molar-refractivity contribution in [1.29, 1.82) is 0 Å². The first-order chi connectivity index (χ1) is 23.1. The van der Waals surface area contributed by atoms with E-state index in [-0.39, 0.29) is 0 Å². The van der Waals surface area contributed by atoms with E-state index < -0.39 is 20.8 Å². The fourth-order valence-electron chi connectivity index (χ4n) is 6.18. The Labute approximate surface area is 309 Å². The van der Waals surface area contributed by atoms with Gasteiger partial charge >= 0.3 is 37.9 Å². The topological polar surface area (TPSA) is 0 Å². The zero-order chi connectivity index (χ0) is 34.8. The summed E-state index contributed by atoms with van der Waals surface area (Å²) in [7, 11) is 11.0. The number of rotatable bonds is 4. The molecule has 7 aromatic carbocycles. The predicted octanol–water partition coefficient (Wildman–Crippen LogP) is 14.6. The summed E-state index contributed by atoms with van der Waals surface area (Å²) in [5.41, 5.74) is 10.8. The molecule has 0 aliphatic rings. The van der Waals surface area contributed by atoms with Gasteiger partial charge in [0.1, 0.15) is 0 Å². The molecule has 0 unspecified atom stereocenters. The van der Waals surface area contributed by atoms with Crippen molar-refractivity contribution in [2.75, 3.05) is 0 Å². The predicted molar refractivity (Wildman–Crippen MR) is 214 cm³/mol. The molecule has 0 nitrogen and oxygen atoms in total. The van der Waals surface area contributed by atoms with Gasteiger partial charge in [-0.05, 0) is 39.3 Å². The molecule has 0 amide bonds. The van der Waals surface area contributed by atoms with Gasteiger partial charge in [-0.3, -0.25) is 0 Å². The molecular formula is C44H46Cl2SiZr. The van der Waals surface area contributed by atoms with E-state index >= 15 is 0 Å². The summed E-state index contributed by atoms with van der Waals surface area (Å²) in [5.74, 6) is 1.15. The first-order valence-electron chi connectivity index (χ1n) is 16.6. The molecule has 0 fully saturated rings.